The lowest BCUT2D eigenvalue weighted by atomic mass is 10.2. The first-order valence-electron chi connectivity index (χ1n) is 7.64. The lowest BCUT2D eigenvalue weighted by molar-refractivity contribution is -0.274. The molecule has 0 aromatic heterocycles. The minimum absolute atomic E-state index is 0.0415. The normalized spacial score (nSPS) is 11.5. The van der Waals surface area contributed by atoms with E-state index in [1.54, 1.807) is 0 Å². The molecular formula is C18H14F5NO4. The number of anilines is 1. The van der Waals surface area contributed by atoms with Crippen molar-refractivity contribution in [1.82, 2.24) is 0 Å². The first kappa shape index (κ1) is 21.0. The second-order valence-corrected chi connectivity index (χ2v) is 5.19. The molecule has 2 aromatic carbocycles. The van der Waals surface area contributed by atoms with Gasteiger partial charge >= 0.3 is 13.0 Å². The highest BCUT2D eigenvalue weighted by Gasteiger charge is 2.31. The van der Waals surface area contributed by atoms with E-state index in [9.17, 15) is 26.7 Å². The molecule has 0 atom stereocenters. The number of nitrogens with one attached hydrogen (secondary N) is 1. The summed E-state index contributed by atoms with van der Waals surface area (Å²) in [6.07, 6.45) is -2.37. The molecule has 0 aliphatic heterocycles. The lowest BCUT2D eigenvalue weighted by Gasteiger charge is -2.10. The predicted octanol–water partition coefficient (Wildman–Crippen LogP) is 4.85. The van der Waals surface area contributed by atoms with Gasteiger partial charge in [-0.1, -0.05) is 12.1 Å². The number of halogens is 5. The molecule has 150 valence electrons. The second-order valence-electron chi connectivity index (χ2n) is 5.19. The van der Waals surface area contributed by atoms with Crippen molar-refractivity contribution in [2.75, 3.05) is 12.4 Å². The third-order valence-electron chi connectivity index (χ3n) is 3.17. The molecule has 0 spiro atoms. The van der Waals surface area contributed by atoms with Crippen molar-refractivity contribution < 1.29 is 41.0 Å². The van der Waals surface area contributed by atoms with Gasteiger partial charge in [-0.05, 0) is 35.9 Å². The smallest absolute Gasteiger partial charge is 0.493 e. The molecular weight excluding hydrogens is 389 g/mol. The van der Waals surface area contributed by atoms with Crippen molar-refractivity contribution in [3.05, 3.63) is 54.1 Å². The molecule has 28 heavy (non-hydrogen) atoms. The van der Waals surface area contributed by atoms with Crippen LogP contribution >= 0.6 is 0 Å². The molecule has 0 saturated carbocycles. The summed E-state index contributed by atoms with van der Waals surface area (Å²) in [7, 11) is 1.27. The van der Waals surface area contributed by atoms with Crippen LogP contribution in [0.15, 0.2) is 48.5 Å². The molecule has 0 aliphatic rings. The molecule has 0 aliphatic carbocycles. The molecule has 1 amide bonds. The zero-order chi connectivity index (χ0) is 20.7. The third kappa shape index (κ3) is 6.78. The first-order chi connectivity index (χ1) is 13.2. The van der Waals surface area contributed by atoms with Gasteiger partial charge in [-0.2, -0.15) is 8.78 Å². The molecule has 0 heterocycles. The Labute approximate surface area is 156 Å². The third-order valence-corrected chi connectivity index (χ3v) is 3.17. The standard InChI is InChI=1S/C18H14F5NO4/c1-26-15-9-11(5-7-14(15)27-17(19)20)6-8-16(25)24-12-3-2-4-13(10-12)28-18(21,22)23/h2-10,17H,1H3,(H,24,25)/b8-6+. The van der Waals surface area contributed by atoms with Crippen LogP contribution in [0.25, 0.3) is 6.08 Å². The quantitative estimate of drug-likeness (QED) is 0.531. The van der Waals surface area contributed by atoms with Gasteiger partial charge in [0.1, 0.15) is 5.75 Å². The molecule has 0 fully saturated rings. The van der Waals surface area contributed by atoms with Crippen LogP contribution in [-0.2, 0) is 4.79 Å². The second kappa shape index (κ2) is 9.07. The number of amides is 1. The SMILES string of the molecule is COc1cc(/C=C/C(=O)Nc2cccc(OC(F)(F)F)c2)ccc1OC(F)F. The van der Waals surface area contributed by atoms with E-state index in [4.69, 9.17) is 4.74 Å². The molecule has 0 bridgehead atoms. The first-order valence-corrected chi connectivity index (χ1v) is 7.64. The van der Waals surface area contributed by atoms with E-state index >= 15 is 0 Å². The fraction of sp³-hybridized carbons (Fsp3) is 0.167. The number of alkyl halides is 5. The summed E-state index contributed by atoms with van der Waals surface area (Å²) in [5, 5.41) is 2.38. The zero-order valence-electron chi connectivity index (χ0n) is 14.3. The Kier molecular flexibility index (Phi) is 6.80. The number of rotatable bonds is 7. The number of carbonyl (C=O) groups excluding carboxylic acids is 1. The number of ether oxygens (including phenoxy) is 3. The zero-order valence-corrected chi connectivity index (χ0v) is 14.3. The van der Waals surface area contributed by atoms with Crippen LogP contribution in [0.2, 0.25) is 0 Å². The van der Waals surface area contributed by atoms with Gasteiger partial charge in [0, 0.05) is 17.8 Å². The predicted molar refractivity (Wildman–Crippen MR) is 90.4 cm³/mol. The molecule has 1 N–H and O–H groups in total. The molecule has 0 saturated heterocycles. The van der Waals surface area contributed by atoms with E-state index < -0.39 is 24.6 Å². The summed E-state index contributed by atoms with van der Waals surface area (Å²) in [5.74, 6) is -1.23. The largest absolute Gasteiger partial charge is 0.573 e. The Balaban J connectivity index is 2.05. The molecule has 0 radical (unpaired) electrons. The van der Waals surface area contributed by atoms with Crippen LogP contribution in [0.3, 0.4) is 0 Å². The molecule has 5 nitrogen and oxygen atoms in total. The number of methoxy groups -OCH3 is 1. The summed E-state index contributed by atoms with van der Waals surface area (Å²) < 4.78 is 74.3. The Hall–Kier alpha value is -3.30. The minimum Gasteiger partial charge on any atom is -0.493 e. The number of hydrogen-bond acceptors (Lipinski definition) is 4. The highest BCUT2D eigenvalue weighted by atomic mass is 19.4. The van der Waals surface area contributed by atoms with Crippen LogP contribution in [0, 0.1) is 0 Å². The van der Waals surface area contributed by atoms with Crippen molar-refractivity contribution >= 4 is 17.7 Å². The van der Waals surface area contributed by atoms with Crippen LogP contribution < -0.4 is 19.5 Å². The average Bonchev–Trinajstić information content (AvgIpc) is 2.59. The highest BCUT2D eigenvalue weighted by Crippen LogP contribution is 2.30. The summed E-state index contributed by atoms with van der Waals surface area (Å²) in [5.41, 5.74) is 0.539. The van der Waals surface area contributed by atoms with E-state index in [2.05, 4.69) is 14.8 Å². The van der Waals surface area contributed by atoms with Crippen molar-refractivity contribution in [2.45, 2.75) is 13.0 Å². The van der Waals surface area contributed by atoms with Gasteiger partial charge in [-0.25, -0.2) is 0 Å². The van der Waals surface area contributed by atoms with Gasteiger partial charge in [-0.3, -0.25) is 4.79 Å². The van der Waals surface area contributed by atoms with E-state index in [0.29, 0.717) is 5.56 Å². The molecule has 0 unspecified atom stereocenters. The van der Waals surface area contributed by atoms with Crippen molar-refractivity contribution in [2.24, 2.45) is 0 Å². The molecule has 2 rings (SSSR count). The van der Waals surface area contributed by atoms with Crippen LogP contribution in [-0.4, -0.2) is 26.0 Å². The van der Waals surface area contributed by atoms with Gasteiger partial charge in [0.2, 0.25) is 5.91 Å². The number of carbonyl (C=O) groups is 1. The van der Waals surface area contributed by atoms with Gasteiger partial charge in [0.15, 0.2) is 11.5 Å². The van der Waals surface area contributed by atoms with E-state index in [-0.39, 0.29) is 17.2 Å². The lowest BCUT2D eigenvalue weighted by Crippen LogP contribution is -2.17. The van der Waals surface area contributed by atoms with Crippen molar-refractivity contribution in [1.29, 1.82) is 0 Å². The summed E-state index contributed by atoms with van der Waals surface area (Å²) >= 11 is 0. The maximum absolute atomic E-state index is 12.3. The van der Waals surface area contributed by atoms with Gasteiger partial charge in [0.05, 0.1) is 7.11 Å². The summed E-state index contributed by atoms with van der Waals surface area (Å²) in [6.45, 7) is -3.02. The van der Waals surface area contributed by atoms with Crippen LogP contribution in [0.5, 0.6) is 17.2 Å². The number of hydrogen-bond donors (Lipinski definition) is 1. The van der Waals surface area contributed by atoms with E-state index in [1.807, 2.05) is 0 Å². The highest BCUT2D eigenvalue weighted by molar-refractivity contribution is 6.02. The Morgan fingerprint density at radius 1 is 1.11 bits per heavy atom. The topological polar surface area (TPSA) is 56.8 Å². The Bertz CT molecular complexity index is 852. The van der Waals surface area contributed by atoms with Crippen molar-refractivity contribution in [3.63, 3.8) is 0 Å². The Morgan fingerprint density at radius 3 is 2.50 bits per heavy atom. The monoisotopic (exact) mass is 403 g/mol. The average molecular weight is 403 g/mol. The summed E-state index contributed by atoms with van der Waals surface area (Å²) in [6, 6.07) is 8.82. The minimum atomic E-state index is -4.85. The van der Waals surface area contributed by atoms with Crippen LogP contribution in [0.4, 0.5) is 27.6 Å². The fourth-order valence-corrected chi connectivity index (χ4v) is 2.11. The van der Waals surface area contributed by atoms with E-state index in [1.165, 1.54) is 43.5 Å². The number of benzene rings is 2. The molecule has 10 heteroatoms. The van der Waals surface area contributed by atoms with Crippen LogP contribution in [0.1, 0.15) is 5.56 Å². The van der Waals surface area contributed by atoms with Gasteiger partial charge in [-0.15, -0.1) is 13.2 Å². The van der Waals surface area contributed by atoms with Crippen molar-refractivity contribution in [3.8, 4) is 17.2 Å². The summed E-state index contributed by atoms with van der Waals surface area (Å²) in [4.78, 5) is 11.9. The molecule has 2 aromatic rings. The van der Waals surface area contributed by atoms with E-state index in [0.717, 1.165) is 18.2 Å². The van der Waals surface area contributed by atoms with Gasteiger partial charge < -0.3 is 19.5 Å². The maximum Gasteiger partial charge on any atom is 0.573 e. The fourth-order valence-electron chi connectivity index (χ4n) is 2.11. The van der Waals surface area contributed by atoms with Gasteiger partial charge in [0.25, 0.3) is 0 Å². The Morgan fingerprint density at radius 2 is 1.86 bits per heavy atom. The maximum atomic E-state index is 12.3.